The summed E-state index contributed by atoms with van der Waals surface area (Å²) in [5, 5.41) is 6.85. The topological polar surface area (TPSA) is 80.5 Å². The molecule has 134 valence electrons. The number of ether oxygens (including phenoxy) is 1. The fraction of sp³-hybridized carbons (Fsp3) is 0.500. The van der Waals surface area contributed by atoms with Crippen LogP contribution in [0.4, 0.5) is 4.79 Å². The number of aromatic nitrogens is 2. The van der Waals surface area contributed by atoms with Gasteiger partial charge in [0.25, 0.3) is 0 Å². The first-order valence-electron chi connectivity index (χ1n) is 8.73. The predicted octanol–water partition coefficient (Wildman–Crippen LogP) is 2.87. The van der Waals surface area contributed by atoms with Crippen molar-refractivity contribution < 1.29 is 14.1 Å². The van der Waals surface area contributed by atoms with E-state index >= 15 is 0 Å². The van der Waals surface area contributed by atoms with E-state index in [0.717, 1.165) is 24.2 Å². The van der Waals surface area contributed by atoms with Crippen molar-refractivity contribution in [3.63, 3.8) is 0 Å². The second-order valence-corrected chi connectivity index (χ2v) is 6.15. The Balaban J connectivity index is 1.56. The molecule has 3 rings (SSSR count). The van der Waals surface area contributed by atoms with E-state index in [1.807, 2.05) is 38.1 Å². The number of rotatable bonds is 6. The van der Waals surface area contributed by atoms with Crippen molar-refractivity contribution >= 4 is 6.03 Å². The lowest BCUT2D eigenvalue weighted by Crippen LogP contribution is -2.39. The fourth-order valence-electron chi connectivity index (χ4n) is 2.99. The van der Waals surface area contributed by atoms with Gasteiger partial charge < -0.3 is 19.5 Å². The molecule has 2 heterocycles. The molecule has 1 aromatic carbocycles. The third-order valence-electron chi connectivity index (χ3n) is 4.19. The number of carbonyl (C=O) groups excluding carboxylic acids is 1. The van der Waals surface area contributed by atoms with Gasteiger partial charge in [-0.15, -0.1) is 0 Å². The average molecular weight is 344 g/mol. The molecule has 2 aromatic rings. The highest BCUT2D eigenvalue weighted by Gasteiger charge is 2.33. The molecule has 1 fully saturated rings. The van der Waals surface area contributed by atoms with E-state index < -0.39 is 0 Å². The number of aryl methyl sites for hydroxylation is 1. The van der Waals surface area contributed by atoms with Crippen LogP contribution in [-0.4, -0.2) is 40.8 Å². The normalized spacial score (nSPS) is 16.9. The fourth-order valence-corrected chi connectivity index (χ4v) is 2.99. The van der Waals surface area contributed by atoms with Crippen LogP contribution in [0, 0.1) is 6.92 Å². The van der Waals surface area contributed by atoms with Crippen LogP contribution < -0.4 is 10.1 Å². The Hall–Kier alpha value is -2.57. The number of hydrogen-bond donors (Lipinski definition) is 1. The van der Waals surface area contributed by atoms with Crippen molar-refractivity contribution in [2.45, 2.75) is 39.2 Å². The van der Waals surface area contributed by atoms with Gasteiger partial charge in [0.05, 0.1) is 6.61 Å². The molecule has 0 radical (unpaired) electrons. The number of likely N-dealkylation sites (tertiary alicyclic amines) is 1. The first-order chi connectivity index (χ1) is 12.2. The number of amides is 2. The highest BCUT2D eigenvalue weighted by atomic mass is 16.5. The van der Waals surface area contributed by atoms with Crippen molar-refractivity contribution in [1.29, 1.82) is 0 Å². The van der Waals surface area contributed by atoms with Gasteiger partial charge in [-0.05, 0) is 44.4 Å². The number of benzene rings is 1. The summed E-state index contributed by atoms with van der Waals surface area (Å²) >= 11 is 0. The van der Waals surface area contributed by atoms with Gasteiger partial charge in [-0.1, -0.05) is 17.3 Å². The molecule has 1 aromatic heterocycles. The van der Waals surface area contributed by atoms with Crippen LogP contribution in [0.2, 0.25) is 0 Å². The van der Waals surface area contributed by atoms with E-state index in [-0.39, 0.29) is 12.1 Å². The van der Waals surface area contributed by atoms with E-state index in [1.54, 1.807) is 4.90 Å². The molecule has 0 spiro atoms. The number of hydrogen-bond acceptors (Lipinski definition) is 5. The largest absolute Gasteiger partial charge is 0.493 e. The lowest BCUT2D eigenvalue weighted by molar-refractivity contribution is 0.181. The second kappa shape index (κ2) is 8.00. The van der Waals surface area contributed by atoms with Gasteiger partial charge in [0.15, 0.2) is 5.82 Å². The van der Waals surface area contributed by atoms with E-state index in [1.165, 1.54) is 0 Å². The summed E-state index contributed by atoms with van der Waals surface area (Å²) in [6, 6.07) is 7.70. The number of nitrogens with one attached hydrogen (secondary N) is 1. The molecule has 1 saturated heterocycles. The minimum absolute atomic E-state index is 0.0764. The van der Waals surface area contributed by atoms with Crippen LogP contribution >= 0.6 is 0 Å². The highest BCUT2D eigenvalue weighted by molar-refractivity contribution is 5.74. The van der Waals surface area contributed by atoms with Crippen LogP contribution in [0.15, 0.2) is 28.8 Å². The van der Waals surface area contributed by atoms with Gasteiger partial charge >= 0.3 is 6.03 Å². The Labute approximate surface area is 147 Å². The molecular weight excluding hydrogens is 320 g/mol. The standard InChI is InChI=1S/C18H24N4O3/c1-3-19-18(23)22-10-5-8-15(22)17-20-16(21-25-17)9-11-24-14-7-4-6-13(2)12-14/h4,6-7,12,15H,3,5,8-11H2,1-2H3,(H,19,23). The Kier molecular flexibility index (Phi) is 5.53. The maximum absolute atomic E-state index is 12.1. The van der Waals surface area contributed by atoms with Crippen molar-refractivity contribution in [3.05, 3.63) is 41.5 Å². The summed E-state index contributed by atoms with van der Waals surface area (Å²) in [7, 11) is 0. The average Bonchev–Trinajstić information content (AvgIpc) is 3.24. The molecule has 1 aliphatic rings. The van der Waals surface area contributed by atoms with Crippen molar-refractivity contribution in [2.75, 3.05) is 19.7 Å². The van der Waals surface area contributed by atoms with E-state index in [4.69, 9.17) is 9.26 Å². The van der Waals surface area contributed by atoms with Crippen LogP contribution in [0.5, 0.6) is 5.75 Å². The van der Waals surface area contributed by atoms with Crippen LogP contribution in [0.1, 0.15) is 43.1 Å². The SMILES string of the molecule is CCNC(=O)N1CCCC1c1nc(CCOc2cccc(C)c2)no1. The zero-order chi connectivity index (χ0) is 17.6. The maximum atomic E-state index is 12.1. The molecule has 7 nitrogen and oxygen atoms in total. The molecule has 1 aliphatic heterocycles. The summed E-state index contributed by atoms with van der Waals surface area (Å²) in [5.74, 6) is 1.95. The molecule has 0 bridgehead atoms. The van der Waals surface area contributed by atoms with Gasteiger partial charge in [0.1, 0.15) is 11.8 Å². The quantitative estimate of drug-likeness (QED) is 0.871. The molecule has 0 aliphatic carbocycles. The van der Waals surface area contributed by atoms with Gasteiger partial charge in [0.2, 0.25) is 5.89 Å². The molecule has 2 amide bonds. The first-order valence-corrected chi connectivity index (χ1v) is 8.73. The van der Waals surface area contributed by atoms with E-state index in [0.29, 0.717) is 37.8 Å². The Morgan fingerprint density at radius 2 is 2.36 bits per heavy atom. The molecular formula is C18H24N4O3. The lowest BCUT2D eigenvalue weighted by atomic mass is 10.2. The van der Waals surface area contributed by atoms with E-state index in [9.17, 15) is 4.79 Å². The van der Waals surface area contributed by atoms with Crippen LogP contribution in [-0.2, 0) is 6.42 Å². The molecule has 25 heavy (non-hydrogen) atoms. The summed E-state index contributed by atoms with van der Waals surface area (Å²) in [4.78, 5) is 18.3. The zero-order valence-corrected chi connectivity index (χ0v) is 14.7. The molecule has 7 heteroatoms. The highest BCUT2D eigenvalue weighted by Crippen LogP contribution is 2.30. The Bertz CT molecular complexity index is 716. The van der Waals surface area contributed by atoms with Gasteiger partial charge in [-0.25, -0.2) is 4.79 Å². The second-order valence-electron chi connectivity index (χ2n) is 6.15. The van der Waals surface area contributed by atoms with Crippen molar-refractivity contribution in [2.24, 2.45) is 0 Å². The van der Waals surface area contributed by atoms with Crippen molar-refractivity contribution in [3.8, 4) is 5.75 Å². The summed E-state index contributed by atoms with van der Waals surface area (Å²) in [5.41, 5.74) is 1.16. The summed E-state index contributed by atoms with van der Waals surface area (Å²) in [6.07, 6.45) is 2.35. The van der Waals surface area contributed by atoms with Crippen LogP contribution in [0.3, 0.4) is 0 Å². The molecule has 1 atom stereocenters. The summed E-state index contributed by atoms with van der Waals surface area (Å²) < 4.78 is 11.1. The molecule has 0 saturated carbocycles. The molecule has 1 unspecified atom stereocenters. The van der Waals surface area contributed by atoms with E-state index in [2.05, 4.69) is 15.5 Å². The Morgan fingerprint density at radius 3 is 3.16 bits per heavy atom. The minimum atomic E-state index is -0.134. The van der Waals surface area contributed by atoms with Gasteiger partial charge in [0, 0.05) is 19.5 Å². The number of nitrogens with zero attached hydrogens (tertiary/aromatic N) is 3. The monoisotopic (exact) mass is 344 g/mol. The van der Waals surface area contributed by atoms with Crippen molar-refractivity contribution in [1.82, 2.24) is 20.4 Å². The van der Waals surface area contributed by atoms with Crippen LogP contribution in [0.25, 0.3) is 0 Å². The number of urea groups is 1. The third-order valence-corrected chi connectivity index (χ3v) is 4.19. The first kappa shape index (κ1) is 17.3. The van der Waals surface area contributed by atoms with Gasteiger partial charge in [-0.2, -0.15) is 4.98 Å². The smallest absolute Gasteiger partial charge is 0.318 e. The third kappa shape index (κ3) is 4.29. The predicted molar refractivity (Wildman–Crippen MR) is 92.4 cm³/mol. The Morgan fingerprint density at radius 1 is 1.48 bits per heavy atom. The maximum Gasteiger partial charge on any atom is 0.318 e. The lowest BCUT2D eigenvalue weighted by Gasteiger charge is -2.21. The zero-order valence-electron chi connectivity index (χ0n) is 14.7. The van der Waals surface area contributed by atoms with Gasteiger partial charge in [-0.3, -0.25) is 0 Å². The summed E-state index contributed by atoms with van der Waals surface area (Å²) in [6.45, 7) is 5.73. The molecule has 1 N–H and O–H groups in total. The number of carbonyl (C=O) groups is 1. The minimum Gasteiger partial charge on any atom is -0.493 e.